The third-order valence-corrected chi connectivity index (χ3v) is 7.61. The number of ether oxygens (including phenoxy) is 1. The SMILES string of the molecule is CC(C)(C)n1cnc2ccc(-c3c[nH]c4ncc(CS(=O)(=O)c5cccc(OC(F)(F)F)c5)cc34)cc21. The van der Waals surface area contributed by atoms with Crippen LogP contribution >= 0.6 is 0 Å². The first-order valence-corrected chi connectivity index (χ1v) is 13.0. The van der Waals surface area contributed by atoms with Gasteiger partial charge in [0.15, 0.2) is 9.84 Å². The van der Waals surface area contributed by atoms with Crippen molar-refractivity contribution in [1.29, 1.82) is 0 Å². The second-order valence-electron chi connectivity index (χ2n) is 9.71. The second kappa shape index (κ2) is 8.62. The number of benzene rings is 2. The molecule has 0 aliphatic carbocycles. The van der Waals surface area contributed by atoms with Crippen molar-refractivity contribution >= 4 is 31.9 Å². The summed E-state index contributed by atoms with van der Waals surface area (Å²) >= 11 is 0. The molecular formula is C26H23F3N4O3S. The van der Waals surface area contributed by atoms with E-state index in [1.54, 1.807) is 6.07 Å². The van der Waals surface area contributed by atoms with Crippen LogP contribution in [-0.2, 0) is 21.1 Å². The van der Waals surface area contributed by atoms with Crippen LogP contribution in [0.5, 0.6) is 5.75 Å². The standard InChI is InChI=1S/C26H23F3N4O3S/c1-25(2,3)33-15-32-22-8-7-17(10-23(22)33)21-13-31-24-20(21)9-16(12-30-24)14-37(34,35)19-6-4-5-18(11-19)36-26(27,28)29/h4-13,15H,14H2,1-3H3,(H,30,31). The van der Waals surface area contributed by atoms with E-state index in [2.05, 4.69) is 45.0 Å². The van der Waals surface area contributed by atoms with E-state index in [1.165, 1.54) is 18.3 Å². The van der Waals surface area contributed by atoms with E-state index in [4.69, 9.17) is 0 Å². The minimum absolute atomic E-state index is 0.168. The quantitative estimate of drug-likeness (QED) is 0.293. The molecule has 5 rings (SSSR count). The maximum atomic E-state index is 13.0. The summed E-state index contributed by atoms with van der Waals surface area (Å²) in [4.78, 5) is 11.7. The van der Waals surface area contributed by atoms with Crippen LogP contribution in [0.1, 0.15) is 26.3 Å². The van der Waals surface area contributed by atoms with E-state index < -0.39 is 27.7 Å². The number of pyridine rings is 1. The smallest absolute Gasteiger partial charge is 0.406 e. The number of hydrogen-bond acceptors (Lipinski definition) is 5. The van der Waals surface area contributed by atoms with Gasteiger partial charge in [-0.05, 0) is 68.3 Å². The van der Waals surface area contributed by atoms with Crippen molar-refractivity contribution < 1.29 is 26.3 Å². The summed E-state index contributed by atoms with van der Waals surface area (Å²) in [5.74, 6) is -1.04. The summed E-state index contributed by atoms with van der Waals surface area (Å²) in [6.45, 7) is 6.27. The number of alkyl halides is 3. The number of rotatable bonds is 5. The number of nitrogens with one attached hydrogen (secondary N) is 1. The molecule has 192 valence electrons. The van der Waals surface area contributed by atoms with Gasteiger partial charge in [0.2, 0.25) is 0 Å². The first-order chi connectivity index (χ1) is 17.3. The molecule has 0 amide bonds. The Kier molecular flexibility index (Phi) is 5.78. The summed E-state index contributed by atoms with van der Waals surface area (Å²) in [5, 5.41) is 0.725. The highest BCUT2D eigenvalue weighted by atomic mass is 32.2. The molecule has 37 heavy (non-hydrogen) atoms. The molecule has 0 saturated carbocycles. The zero-order chi connectivity index (χ0) is 26.6. The van der Waals surface area contributed by atoms with Crippen molar-refractivity contribution in [2.45, 2.75) is 43.3 Å². The van der Waals surface area contributed by atoms with Crippen molar-refractivity contribution in [3.05, 3.63) is 72.8 Å². The zero-order valence-electron chi connectivity index (χ0n) is 20.2. The Labute approximate surface area is 210 Å². The van der Waals surface area contributed by atoms with Gasteiger partial charge in [0.25, 0.3) is 0 Å². The van der Waals surface area contributed by atoms with Crippen molar-refractivity contribution in [2.75, 3.05) is 0 Å². The van der Waals surface area contributed by atoms with E-state index in [9.17, 15) is 21.6 Å². The number of sulfone groups is 1. The number of imidazole rings is 1. The fourth-order valence-electron chi connectivity index (χ4n) is 4.24. The number of fused-ring (bicyclic) bond motifs is 2. The number of H-pyrrole nitrogens is 1. The number of hydrogen-bond donors (Lipinski definition) is 1. The Morgan fingerprint density at radius 1 is 1.03 bits per heavy atom. The van der Waals surface area contributed by atoms with Gasteiger partial charge in [-0.15, -0.1) is 13.2 Å². The highest BCUT2D eigenvalue weighted by Gasteiger charge is 2.31. The van der Waals surface area contributed by atoms with Gasteiger partial charge in [0.05, 0.1) is 28.0 Å². The lowest BCUT2D eigenvalue weighted by atomic mass is 10.0. The fourth-order valence-corrected chi connectivity index (χ4v) is 5.59. The molecule has 0 atom stereocenters. The molecule has 0 bridgehead atoms. The molecule has 0 aliphatic heterocycles. The number of aromatic nitrogens is 4. The van der Waals surface area contributed by atoms with Gasteiger partial charge < -0.3 is 14.3 Å². The summed E-state index contributed by atoms with van der Waals surface area (Å²) in [5.41, 5.74) is 4.39. The molecule has 0 saturated heterocycles. The van der Waals surface area contributed by atoms with Gasteiger partial charge in [0.1, 0.15) is 11.4 Å². The van der Waals surface area contributed by atoms with Crippen LogP contribution in [0.25, 0.3) is 33.2 Å². The van der Waals surface area contributed by atoms with Crippen LogP contribution in [-0.4, -0.2) is 34.3 Å². The largest absolute Gasteiger partial charge is 0.573 e. The predicted molar refractivity (Wildman–Crippen MR) is 134 cm³/mol. The van der Waals surface area contributed by atoms with Gasteiger partial charge in [-0.25, -0.2) is 18.4 Å². The molecule has 0 radical (unpaired) electrons. The molecular weight excluding hydrogens is 505 g/mol. The van der Waals surface area contributed by atoms with Crippen LogP contribution < -0.4 is 4.74 Å². The molecule has 0 unspecified atom stereocenters. The summed E-state index contributed by atoms with van der Waals surface area (Å²) in [6, 6.07) is 12.0. The minimum atomic E-state index is -4.92. The van der Waals surface area contributed by atoms with E-state index in [-0.39, 0.29) is 10.4 Å². The molecule has 11 heteroatoms. The van der Waals surface area contributed by atoms with Crippen LogP contribution in [0, 0.1) is 0 Å². The molecule has 7 nitrogen and oxygen atoms in total. The van der Waals surface area contributed by atoms with Gasteiger partial charge in [-0.1, -0.05) is 12.1 Å². The maximum Gasteiger partial charge on any atom is 0.573 e. The highest BCUT2D eigenvalue weighted by molar-refractivity contribution is 7.90. The first-order valence-electron chi connectivity index (χ1n) is 11.3. The topological polar surface area (TPSA) is 89.9 Å². The monoisotopic (exact) mass is 528 g/mol. The predicted octanol–water partition coefficient (Wildman–Crippen LogP) is 6.21. The maximum absolute atomic E-state index is 13.0. The van der Waals surface area contributed by atoms with Crippen LogP contribution in [0.4, 0.5) is 13.2 Å². The van der Waals surface area contributed by atoms with Crippen LogP contribution in [0.2, 0.25) is 0 Å². The van der Waals surface area contributed by atoms with Crippen molar-refractivity contribution in [2.24, 2.45) is 0 Å². The molecule has 0 spiro atoms. The fraction of sp³-hybridized carbons (Fsp3) is 0.231. The molecule has 3 heterocycles. The van der Waals surface area contributed by atoms with Crippen molar-refractivity contribution in [3.8, 4) is 16.9 Å². The lowest BCUT2D eigenvalue weighted by molar-refractivity contribution is -0.274. The van der Waals surface area contributed by atoms with E-state index in [0.717, 1.165) is 39.7 Å². The van der Waals surface area contributed by atoms with E-state index in [1.807, 2.05) is 30.7 Å². The second-order valence-corrected chi connectivity index (χ2v) is 11.7. The first kappa shape index (κ1) is 24.8. The summed E-state index contributed by atoms with van der Waals surface area (Å²) in [6.07, 6.45) is 0.138. The van der Waals surface area contributed by atoms with E-state index >= 15 is 0 Å². The molecule has 2 aromatic carbocycles. The number of aromatic amines is 1. The van der Waals surface area contributed by atoms with E-state index in [0.29, 0.717) is 11.2 Å². The Morgan fingerprint density at radius 3 is 2.54 bits per heavy atom. The molecule has 0 aliphatic rings. The molecule has 3 aromatic heterocycles. The Balaban J connectivity index is 1.50. The van der Waals surface area contributed by atoms with Crippen LogP contribution in [0.3, 0.4) is 0 Å². The molecule has 5 aromatic rings. The Bertz CT molecular complexity index is 1730. The Morgan fingerprint density at radius 2 is 1.81 bits per heavy atom. The van der Waals surface area contributed by atoms with Gasteiger partial charge in [-0.2, -0.15) is 0 Å². The highest BCUT2D eigenvalue weighted by Crippen LogP contribution is 2.33. The molecule has 1 N–H and O–H groups in total. The third kappa shape index (κ3) is 5.04. The Hall–Kier alpha value is -3.86. The van der Waals surface area contributed by atoms with Crippen molar-refractivity contribution in [1.82, 2.24) is 19.5 Å². The average molecular weight is 529 g/mol. The van der Waals surface area contributed by atoms with Gasteiger partial charge >= 0.3 is 6.36 Å². The summed E-state index contributed by atoms with van der Waals surface area (Å²) in [7, 11) is -3.97. The zero-order valence-corrected chi connectivity index (χ0v) is 21.0. The number of nitrogens with zero attached hydrogens (tertiary/aromatic N) is 3. The number of halogens is 3. The van der Waals surface area contributed by atoms with Gasteiger partial charge in [-0.3, -0.25) is 0 Å². The average Bonchev–Trinajstić information content (AvgIpc) is 3.41. The molecule has 0 fully saturated rings. The van der Waals surface area contributed by atoms with Crippen LogP contribution in [0.15, 0.2) is 72.1 Å². The lowest BCUT2D eigenvalue weighted by Crippen LogP contribution is -2.20. The summed E-state index contributed by atoms with van der Waals surface area (Å²) < 4.78 is 69.7. The normalized spacial score (nSPS) is 12.9. The van der Waals surface area contributed by atoms with Gasteiger partial charge in [0, 0.05) is 28.9 Å². The minimum Gasteiger partial charge on any atom is -0.406 e. The van der Waals surface area contributed by atoms with Crippen molar-refractivity contribution in [3.63, 3.8) is 0 Å². The third-order valence-electron chi connectivity index (χ3n) is 5.92. The lowest BCUT2D eigenvalue weighted by Gasteiger charge is -2.21.